The molecular formula is C29H33FN8O2. The maximum atomic E-state index is 16.5. The van der Waals surface area contributed by atoms with Gasteiger partial charge >= 0.3 is 6.01 Å². The summed E-state index contributed by atoms with van der Waals surface area (Å²) in [6, 6.07) is 4.33. The van der Waals surface area contributed by atoms with Crippen LogP contribution in [0.5, 0.6) is 6.01 Å². The van der Waals surface area contributed by atoms with E-state index in [2.05, 4.69) is 33.6 Å². The van der Waals surface area contributed by atoms with Crippen molar-refractivity contribution in [3.63, 3.8) is 0 Å². The van der Waals surface area contributed by atoms with E-state index < -0.39 is 5.82 Å². The van der Waals surface area contributed by atoms with Gasteiger partial charge in [0.05, 0.1) is 17.1 Å². The number of halogens is 1. The molecule has 4 aromatic rings. The lowest BCUT2D eigenvalue weighted by molar-refractivity contribution is -0.126. The van der Waals surface area contributed by atoms with Crippen LogP contribution in [-0.4, -0.2) is 92.9 Å². The van der Waals surface area contributed by atoms with E-state index in [-0.39, 0.29) is 29.2 Å². The first kappa shape index (κ1) is 26.1. The highest BCUT2D eigenvalue weighted by molar-refractivity contribution is 5.98. The minimum Gasteiger partial charge on any atom is -0.462 e. The molecule has 10 nitrogen and oxygen atoms in total. The summed E-state index contributed by atoms with van der Waals surface area (Å²) >= 11 is 0. The van der Waals surface area contributed by atoms with Crippen molar-refractivity contribution in [2.75, 3.05) is 51.3 Å². The Morgan fingerprint density at radius 1 is 1.15 bits per heavy atom. The number of hydrogen-bond donors (Lipinski definition) is 0. The van der Waals surface area contributed by atoms with Gasteiger partial charge < -0.3 is 19.4 Å². The maximum Gasteiger partial charge on any atom is 0.319 e. The Bertz CT molecular complexity index is 1610. The predicted molar refractivity (Wildman–Crippen MR) is 152 cm³/mol. The van der Waals surface area contributed by atoms with Crippen LogP contribution in [0.2, 0.25) is 0 Å². The fourth-order valence-electron chi connectivity index (χ4n) is 5.80. The molecule has 1 aromatic carbocycles. The van der Waals surface area contributed by atoms with E-state index in [4.69, 9.17) is 9.72 Å². The van der Waals surface area contributed by atoms with E-state index in [1.54, 1.807) is 22.0 Å². The standard InChI is InChI=1S/C29H33FN8O2/c1-5-22(39)37-11-13-38(14-12-37)28-21-16-31-26(23-18(2)8-9-19-15-32-36(4)27(19)23)24(30)25(21)33-29(34-28)40-17-20-7-6-10-35(20)3/h5,8-9,15-16,20H,1,6-7,10-14,17H2,2-4H3/t20-/m0/s1. The predicted octanol–water partition coefficient (Wildman–Crippen LogP) is 3.33. The van der Waals surface area contributed by atoms with E-state index in [9.17, 15) is 4.79 Å². The molecule has 5 heterocycles. The molecule has 0 unspecified atom stereocenters. The summed E-state index contributed by atoms with van der Waals surface area (Å²) in [4.78, 5) is 32.1. The molecule has 0 spiro atoms. The monoisotopic (exact) mass is 544 g/mol. The van der Waals surface area contributed by atoms with Crippen LogP contribution >= 0.6 is 0 Å². The summed E-state index contributed by atoms with van der Waals surface area (Å²) in [5.41, 5.74) is 2.76. The van der Waals surface area contributed by atoms with Crippen molar-refractivity contribution in [3.05, 3.63) is 48.6 Å². The van der Waals surface area contributed by atoms with Crippen LogP contribution in [0.1, 0.15) is 18.4 Å². The normalized spacial score (nSPS) is 18.1. The van der Waals surface area contributed by atoms with E-state index in [0.717, 1.165) is 35.9 Å². The highest BCUT2D eigenvalue weighted by atomic mass is 19.1. The average molecular weight is 545 g/mol. The zero-order valence-corrected chi connectivity index (χ0v) is 23.1. The van der Waals surface area contributed by atoms with Crippen LogP contribution in [0.15, 0.2) is 37.2 Å². The number of pyridine rings is 1. The number of amides is 1. The Hall–Kier alpha value is -4.12. The lowest BCUT2D eigenvalue weighted by Gasteiger charge is -2.35. The number of likely N-dealkylation sites (N-methyl/N-ethyl adjacent to an activating group) is 1. The number of piperazine rings is 1. The third-order valence-corrected chi connectivity index (χ3v) is 8.13. The zero-order valence-electron chi connectivity index (χ0n) is 23.1. The quantitative estimate of drug-likeness (QED) is 0.342. The number of anilines is 1. The Morgan fingerprint density at radius 2 is 1.95 bits per heavy atom. The van der Waals surface area contributed by atoms with Gasteiger partial charge in [-0.25, -0.2) is 4.39 Å². The van der Waals surface area contributed by atoms with Crippen molar-refractivity contribution in [2.45, 2.75) is 25.8 Å². The zero-order chi connectivity index (χ0) is 28.0. The van der Waals surface area contributed by atoms with Crippen molar-refractivity contribution in [2.24, 2.45) is 7.05 Å². The molecule has 0 N–H and O–H groups in total. The molecule has 40 heavy (non-hydrogen) atoms. The molecule has 1 amide bonds. The van der Waals surface area contributed by atoms with E-state index >= 15 is 4.39 Å². The minimum atomic E-state index is -0.527. The number of ether oxygens (including phenoxy) is 1. The Balaban J connectivity index is 1.45. The second-order valence-corrected chi connectivity index (χ2v) is 10.6. The van der Waals surface area contributed by atoms with Crippen LogP contribution in [-0.2, 0) is 11.8 Å². The van der Waals surface area contributed by atoms with Gasteiger partial charge in [-0.1, -0.05) is 18.7 Å². The van der Waals surface area contributed by atoms with Crippen molar-refractivity contribution in [1.29, 1.82) is 0 Å². The molecule has 0 bridgehead atoms. The van der Waals surface area contributed by atoms with E-state index in [0.29, 0.717) is 49.6 Å². The highest BCUT2D eigenvalue weighted by Crippen LogP contribution is 2.36. The third-order valence-electron chi connectivity index (χ3n) is 8.13. The molecule has 2 aliphatic heterocycles. The Kier molecular flexibility index (Phi) is 6.83. The molecule has 2 fully saturated rings. The maximum absolute atomic E-state index is 16.5. The molecule has 11 heteroatoms. The number of aromatic nitrogens is 5. The van der Waals surface area contributed by atoms with Gasteiger partial charge in [0.15, 0.2) is 5.82 Å². The van der Waals surface area contributed by atoms with Gasteiger partial charge in [0.2, 0.25) is 5.91 Å². The number of carbonyl (C=O) groups is 1. The first-order valence-electron chi connectivity index (χ1n) is 13.6. The smallest absolute Gasteiger partial charge is 0.319 e. The van der Waals surface area contributed by atoms with Crippen molar-refractivity contribution in [1.82, 2.24) is 34.5 Å². The second kappa shape index (κ2) is 10.5. The fourth-order valence-corrected chi connectivity index (χ4v) is 5.80. The molecule has 3 aromatic heterocycles. The first-order chi connectivity index (χ1) is 19.4. The number of fused-ring (bicyclic) bond motifs is 2. The second-order valence-electron chi connectivity index (χ2n) is 10.6. The van der Waals surface area contributed by atoms with Crippen LogP contribution in [0.4, 0.5) is 10.2 Å². The van der Waals surface area contributed by atoms with Crippen molar-refractivity contribution in [3.8, 4) is 17.3 Å². The van der Waals surface area contributed by atoms with Crippen LogP contribution in [0, 0.1) is 12.7 Å². The molecule has 0 saturated carbocycles. The summed E-state index contributed by atoms with van der Waals surface area (Å²) in [5, 5.41) is 5.78. The highest BCUT2D eigenvalue weighted by Gasteiger charge is 2.27. The topological polar surface area (TPSA) is 92.5 Å². The summed E-state index contributed by atoms with van der Waals surface area (Å²) < 4.78 is 24.4. The van der Waals surface area contributed by atoms with Crippen LogP contribution in [0.25, 0.3) is 33.1 Å². The number of nitrogens with zero attached hydrogens (tertiary/aromatic N) is 8. The lowest BCUT2D eigenvalue weighted by Crippen LogP contribution is -2.48. The van der Waals surface area contributed by atoms with Gasteiger partial charge in [0.1, 0.15) is 23.6 Å². The van der Waals surface area contributed by atoms with Gasteiger partial charge in [-0.3, -0.25) is 14.5 Å². The number of rotatable bonds is 6. The number of benzene rings is 1. The molecule has 6 rings (SSSR count). The van der Waals surface area contributed by atoms with Gasteiger partial charge in [-0.2, -0.15) is 15.1 Å². The molecule has 208 valence electrons. The number of hydrogen-bond acceptors (Lipinski definition) is 8. The molecular weight excluding hydrogens is 511 g/mol. The van der Waals surface area contributed by atoms with Gasteiger partial charge in [0, 0.05) is 56.4 Å². The molecule has 0 radical (unpaired) electrons. The molecule has 1 atom stereocenters. The van der Waals surface area contributed by atoms with Gasteiger partial charge in [-0.05, 0) is 45.0 Å². The minimum absolute atomic E-state index is 0.103. The SMILES string of the molecule is C=CC(=O)N1CCN(c2nc(OC[C@@H]3CCCN3C)nc3c(F)c(-c4c(C)ccc5cnn(C)c45)ncc23)CC1. The average Bonchev–Trinajstić information content (AvgIpc) is 3.56. The van der Waals surface area contributed by atoms with Crippen LogP contribution < -0.4 is 9.64 Å². The lowest BCUT2D eigenvalue weighted by atomic mass is 10.0. The van der Waals surface area contributed by atoms with Gasteiger partial charge in [0.25, 0.3) is 0 Å². The van der Waals surface area contributed by atoms with E-state index in [1.807, 2.05) is 31.0 Å². The largest absolute Gasteiger partial charge is 0.462 e. The molecule has 2 aliphatic rings. The van der Waals surface area contributed by atoms with E-state index in [1.165, 1.54) is 6.08 Å². The fraction of sp³-hybridized carbons (Fsp3) is 0.414. The summed E-state index contributed by atoms with van der Waals surface area (Å²) in [5.74, 6) is -0.0749. The third kappa shape index (κ3) is 4.53. The summed E-state index contributed by atoms with van der Waals surface area (Å²) in [6.45, 7) is 9.07. The van der Waals surface area contributed by atoms with Crippen molar-refractivity contribution >= 4 is 33.5 Å². The summed E-state index contributed by atoms with van der Waals surface area (Å²) in [6.07, 6.45) is 6.89. The number of carbonyl (C=O) groups excluding carboxylic acids is 1. The Morgan fingerprint density at radius 3 is 2.67 bits per heavy atom. The summed E-state index contributed by atoms with van der Waals surface area (Å²) in [7, 11) is 3.92. The first-order valence-corrected chi connectivity index (χ1v) is 13.6. The Labute approximate surface area is 232 Å². The molecule has 0 aliphatic carbocycles. The number of aryl methyl sites for hydroxylation is 2. The van der Waals surface area contributed by atoms with Crippen molar-refractivity contribution < 1.29 is 13.9 Å². The number of likely N-dealkylation sites (tertiary alicyclic amines) is 1. The van der Waals surface area contributed by atoms with Gasteiger partial charge in [-0.15, -0.1) is 0 Å². The molecule has 2 saturated heterocycles. The van der Waals surface area contributed by atoms with Crippen LogP contribution in [0.3, 0.4) is 0 Å².